The molecule has 1 saturated carbocycles. The summed E-state index contributed by atoms with van der Waals surface area (Å²) in [5.41, 5.74) is 4.22. The zero-order valence-electron chi connectivity index (χ0n) is 10.7. The molecular formula is C15H23N. The van der Waals surface area contributed by atoms with Crippen LogP contribution in [0.15, 0.2) is 18.2 Å². The second kappa shape index (κ2) is 5.01. The van der Waals surface area contributed by atoms with E-state index in [2.05, 4.69) is 44.4 Å². The highest BCUT2D eigenvalue weighted by molar-refractivity contribution is 5.30. The Kier molecular flexibility index (Phi) is 3.65. The highest BCUT2D eigenvalue weighted by Gasteiger charge is 2.22. The molecule has 0 aromatic heterocycles. The van der Waals surface area contributed by atoms with Crippen molar-refractivity contribution >= 4 is 0 Å². The van der Waals surface area contributed by atoms with Gasteiger partial charge in [0.05, 0.1) is 0 Å². The minimum atomic E-state index is 0.545. The molecule has 1 unspecified atom stereocenters. The average Bonchev–Trinajstić information content (AvgIpc) is 2.14. The van der Waals surface area contributed by atoms with Gasteiger partial charge in [0.25, 0.3) is 0 Å². The molecule has 1 fully saturated rings. The summed E-state index contributed by atoms with van der Waals surface area (Å²) in [6, 6.07) is 7.45. The predicted molar refractivity (Wildman–Crippen MR) is 69.7 cm³/mol. The standard InChI is InChI=1S/C15H23N/c1-11-7-12(2)9-14(8-11)15(16-3)10-13-5-4-6-13/h7-9,13,15-16H,4-6,10H2,1-3H3. The van der Waals surface area contributed by atoms with E-state index in [1.165, 1.54) is 42.4 Å². The summed E-state index contributed by atoms with van der Waals surface area (Å²) in [6.07, 6.45) is 5.61. The van der Waals surface area contributed by atoms with E-state index in [-0.39, 0.29) is 0 Å². The van der Waals surface area contributed by atoms with Crippen LogP contribution in [0.1, 0.15) is 48.4 Å². The molecule has 0 radical (unpaired) electrons. The first kappa shape index (κ1) is 11.7. The van der Waals surface area contributed by atoms with Crippen LogP contribution in [0.3, 0.4) is 0 Å². The molecule has 1 aliphatic rings. The summed E-state index contributed by atoms with van der Waals surface area (Å²) < 4.78 is 0. The summed E-state index contributed by atoms with van der Waals surface area (Å²) in [4.78, 5) is 0. The molecule has 1 aromatic rings. The van der Waals surface area contributed by atoms with Crippen LogP contribution in [0.2, 0.25) is 0 Å². The van der Waals surface area contributed by atoms with E-state index >= 15 is 0 Å². The van der Waals surface area contributed by atoms with E-state index in [0.29, 0.717) is 6.04 Å². The van der Waals surface area contributed by atoms with E-state index in [1.807, 2.05) is 0 Å². The number of aryl methyl sites for hydroxylation is 2. The number of hydrogen-bond acceptors (Lipinski definition) is 1. The van der Waals surface area contributed by atoms with Gasteiger partial charge in [-0.05, 0) is 38.8 Å². The molecule has 0 amide bonds. The summed E-state index contributed by atoms with van der Waals surface area (Å²) in [6.45, 7) is 4.37. The lowest BCUT2D eigenvalue weighted by Crippen LogP contribution is -2.23. The Bertz CT molecular complexity index is 332. The topological polar surface area (TPSA) is 12.0 Å². The zero-order chi connectivity index (χ0) is 11.5. The average molecular weight is 217 g/mol. The maximum Gasteiger partial charge on any atom is 0.0320 e. The molecule has 0 saturated heterocycles. The Morgan fingerprint density at radius 2 is 1.81 bits per heavy atom. The molecule has 2 rings (SSSR count). The summed E-state index contributed by atoms with van der Waals surface area (Å²) in [7, 11) is 2.08. The monoisotopic (exact) mass is 217 g/mol. The van der Waals surface area contributed by atoms with E-state index in [4.69, 9.17) is 0 Å². The van der Waals surface area contributed by atoms with Crippen LogP contribution in [0.25, 0.3) is 0 Å². The number of nitrogens with one attached hydrogen (secondary N) is 1. The van der Waals surface area contributed by atoms with Gasteiger partial charge in [0.15, 0.2) is 0 Å². The van der Waals surface area contributed by atoms with Gasteiger partial charge < -0.3 is 5.32 Å². The van der Waals surface area contributed by atoms with Crippen molar-refractivity contribution in [2.45, 2.75) is 45.6 Å². The van der Waals surface area contributed by atoms with Crippen LogP contribution < -0.4 is 5.32 Å². The van der Waals surface area contributed by atoms with Gasteiger partial charge in [0, 0.05) is 6.04 Å². The van der Waals surface area contributed by atoms with Crippen molar-refractivity contribution in [1.82, 2.24) is 5.32 Å². The lowest BCUT2D eigenvalue weighted by Gasteiger charge is -2.30. The molecule has 0 spiro atoms. The summed E-state index contributed by atoms with van der Waals surface area (Å²) in [5, 5.41) is 3.47. The Balaban J connectivity index is 2.11. The third kappa shape index (κ3) is 2.65. The molecule has 0 aliphatic heterocycles. The van der Waals surface area contributed by atoms with Crippen molar-refractivity contribution in [3.63, 3.8) is 0 Å². The smallest absolute Gasteiger partial charge is 0.0320 e. The van der Waals surface area contributed by atoms with Crippen LogP contribution in [0.4, 0.5) is 0 Å². The molecule has 1 N–H and O–H groups in total. The molecule has 88 valence electrons. The lowest BCUT2D eigenvalue weighted by molar-refractivity contribution is 0.265. The first-order valence-corrected chi connectivity index (χ1v) is 6.44. The minimum Gasteiger partial charge on any atom is -0.313 e. The maximum absolute atomic E-state index is 3.47. The Labute approximate surface area is 99.3 Å². The van der Waals surface area contributed by atoms with Gasteiger partial charge in [-0.3, -0.25) is 0 Å². The number of rotatable bonds is 4. The Morgan fingerprint density at radius 3 is 2.25 bits per heavy atom. The molecule has 1 aliphatic carbocycles. The summed E-state index contributed by atoms with van der Waals surface area (Å²) >= 11 is 0. The van der Waals surface area contributed by atoms with Gasteiger partial charge in [-0.2, -0.15) is 0 Å². The van der Waals surface area contributed by atoms with Gasteiger partial charge in [0.2, 0.25) is 0 Å². The minimum absolute atomic E-state index is 0.545. The van der Waals surface area contributed by atoms with Crippen molar-refractivity contribution in [2.75, 3.05) is 7.05 Å². The highest BCUT2D eigenvalue weighted by Crippen LogP contribution is 2.34. The van der Waals surface area contributed by atoms with Crippen LogP contribution >= 0.6 is 0 Å². The van der Waals surface area contributed by atoms with Crippen molar-refractivity contribution in [2.24, 2.45) is 5.92 Å². The lowest BCUT2D eigenvalue weighted by atomic mass is 9.79. The van der Waals surface area contributed by atoms with Crippen molar-refractivity contribution < 1.29 is 0 Å². The first-order valence-electron chi connectivity index (χ1n) is 6.44. The molecule has 0 bridgehead atoms. The fourth-order valence-electron chi connectivity index (χ4n) is 2.69. The first-order chi connectivity index (χ1) is 7.69. The van der Waals surface area contributed by atoms with E-state index in [1.54, 1.807) is 0 Å². The molecule has 0 heterocycles. The maximum atomic E-state index is 3.47. The van der Waals surface area contributed by atoms with Crippen LogP contribution in [-0.2, 0) is 0 Å². The van der Waals surface area contributed by atoms with Crippen molar-refractivity contribution in [3.05, 3.63) is 34.9 Å². The molecule has 1 nitrogen and oxygen atoms in total. The summed E-state index contributed by atoms with van der Waals surface area (Å²) in [5.74, 6) is 0.957. The zero-order valence-corrected chi connectivity index (χ0v) is 10.7. The SMILES string of the molecule is CNC(CC1CCC1)c1cc(C)cc(C)c1. The molecular weight excluding hydrogens is 194 g/mol. The second-order valence-corrected chi connectivity index (χ2v) is 5.29. The third-order valence-corrected chi connectivity index (χ3v) is 3.79. The quantitative estimate of drug-likeness (QED) is 0.810. The fraction of sp³-hybridized carbons (Fsp3) is 0.600. The number of hydrogen-bond donors (Lipinski definition) is 1. The Morgan fingerprint density at radius 1 is 1.19 bits per heavy atom. The fourth-order valence-corrected chi connectivity index (χ4v) is 2.69. The number of benzene rings is 1. The molecule has 1 heteroatoms. The van der Waals surface area contributed by atoms with E-state index in [0.717, 1.165) is 5.92 Å². The van der Waals surface area contributed by atoms with Gasteiger partial charge in [-0.1, -0.05) is 48.6 Å². The van der Waals surface area contributed by atoms with Gasteiger partial charge in [0.1, 0.15) is 0 Å². The second-order valence-electron chi connectivity index (χ2n) is 5.29. The van der Waals surface area contributed by atoms with Crippen molar-refractivity contribution in [1.29, 1.82) is 0 Å². The highest BCUT2D eigenvalue weighted by atomic mass is 14.9. The van der Waals surface area contributed by atoms with Crippen molar-refractivity contribution in [3.8, 4) is 0 Å². The van der Waals surface area contributed by atoms with E-state index < -0.39 is 0 Å². The van der Waals surface area contributed by atoms with E-state index in [9.17, 15) is 0 Å². The van der Waals surface area contributed by atoms with Gasteiger partial charge >= 0.3 is 0 Å². The molecule has 1 aromatic carbocycles. The van der Waals surface area contributed by atoms with Crippen LogP contribution in [-0.4, -0.2) is 7.05 Å². The van der Waals surface area contributed by atoms with Gasteiger partial charge in [-0.15, -0.1) is 0 Å². The van der Waals surface area contributed by atoms with Gasteiger partial charge in [-0.25, -0.2) is 0 Å². The van der Waals surface area contributed by atoms with Crippen LogP contribution in [0.5, 0.6) is 0 Å². The Hall–Kier alpha value is -0.820. The predicted octanol–water partition coefficient (Wildman–Crippen LogP) is 3.75. The van der Waals surface area contributed by atoms with Crippen LogP contribution in [0, 0.1) is 19.8 Å². The molecule has 1 atom stereocenters. The third-order valence-electron chi connectivity index (χ3n) is 3.79. The normalized spacial score (nSPS) is 18.2. The largest absolute Gasteiger partial charge is 0.313 e. The molecule has 16 heavy (non-hydrogen) atoms.